The maximum atomic E-state index is 13.2. The number of hydrogen-bond donors (Lipinski definition) is 1. The van der Waals surface area contributed by atoms with Crippen LogP contribution in [0.2, 0.25) is 0 Å². The van der Waals surface area contributed by atoms with Crippen LogP contribution in [-0.2, 0) is 0 Å². The molecule has 30 heavy (non-hydrogen) atoms. The number of thiophene rings is 1. The molecule has 2 unspecified atom stereocenters. The smallest absolute Gasteiger partial charge is 0.267 e. The van der Waals surface area contributed by atoms with Gasteiger partial charge in [0.25, 0.3) is 11.8 Å². The molecular weight excluding hydrogens is 414 g/mol. The summed E-state index contributed by atoms with van der Waals surface area (Å²) in [6.07, 6.45) is 1.14. The van der Waals surface area contributed by atoms with Gasteiger partial charge in [-0.05, 0) is 48.8 Å². The first-order valence-corrected chi connectivity index (χ1v) is 11.8. The average molecular weight is 440 g/mol. The average Bonchev–Trinajstić information content (AvgIpc) is 3.37. The van der Waals surface area contributed by atoms with Crippen LogP contribution >= 0.6 is 22.7 Å². The number of rotatable bonds is 4. The topological polar surface area (TPSA) is 62.3 Å². The molecule has 3 aromatic rings. The van der Waals surface area contributed by atoms with E-state index in [1.807, 2.05) is 41.5 Å². The highest BCUT2D eigenvalue weighted by Crippen LogP contribution is 2.32. The molecule has 0 saturated carbocycles. The third kappa shape index (κ3) is 4.32. The van der Waals surface area contributed by atoms with Gasteiger partial charge in [-0.15, -0.1) is 22.7 Å². The van der Waals surface area contributed by atoms with Crippen molar-refractivity contribution in [3.63, 3.8) is 0 Å². The SMILES string of the molecule is Cc1nc(-c2cccs2)sc1C(=O)Nc1ccccc1C(=O)N1CC(C)CC(C)C1. The Bertz CT molecular complexity index is 1050. The zero-order chi connectivity index (χ0) is 21.3. The summed E-state index contributed by atoms with van der Waals surface area (Å²) in [5.41, 5.74) is 1.78. The van der Waals surface area contributed by atoms with Crippen LogP contribution in [0.3, 0.4) is 0 Å². The quantitative estimate of drug-likeness (QED) is 0.580. The Balaban J connectivity index is 1.56. The van der Waals surface area contributed by atoms with Gasteiger partial charge in [0, 0.05) is 13.1 Å². The largest absolute Gasteiger partial charge is 0.338 e. The zero-order valence-corrected chi connectivity index (χ0v) is 19.0. The van der Waals surface area contributed by atoms with Gasteiger partial charge in [0.2, 0.25) is 0 Å². The molecule has 156 valence electrons. The Kier molecular flexibility index (Phi) is 6.01. The van der Waals surface area contributed by atoms with Crippen LogP contribution in [0.5, 0.6) is 0 Å². The number of nitrogens with zero attached hydrogens (tertiary/aromatic N) is 2. The molecule has 0 spiro atoms. The number of anilines is 1. The first-order valence-electron chi connectivity index (χ1n) is 10.1. The van der Waals surface area contributed by atoms with Crippen molar-refractivity contribution in [3.8, 4) is 9.88 Å². The Morgan fingerprint density at radius 3 is 2.53 bits per heavy atom. The predicted octanol–water partition coefficient (Wildman–Crippen LogP) is 5.55. The molecule has 2 aromatic heterocycles. The maximum Gasteiger partial charge on any atom is 0.267 e. The molecule has 1 N–H and O–H groups in total. The highest BCUT2D eigenvalue weighted by Gasteiger charge is 2.28. The lowest BCUT2D eigenvalue weighted by Crippen LogP contribution is -2.42. The van der Waals surface area contributed by atoms with Gasteiger partial charge in [-0.1, -0.05) is 32.0 Å². The van der Waals surface area contributed by atoms with E-state index in [2.05, 4.69) is 24.1 Å². The molecule has 2 atom stereocenters. The Morgan fingerprint density at radius 2 is 1.83 bits per heavy atom. The second kappa shape index (κ2) is 8.70. The molecule has 1 saturated heterocycles. The summed E-state index contributed by atoms with van der Waals surface area (Å²) < 4.78 is 0. The fraction of sp³-hybridized carbons (Fsp3) is 0.348. The summed E-state index contributed by atoms with van der Waals surface area (Å²) in [5, 5.41) is 5.79. The van der Waals surface area contributed by atoms with Crippen LogP contribution in [0, 0.1) is 18.8 Å². The summed E-state index contributed by atoms with van der Waals surface area (Å²) in [6.45, 7) is 7.71. The number of aromatic nitrogens is 1. The first-order chi connectivity index (χ1) is 14.4. The second-order valence-electron chi connectivity index (χ2n) is 8.07. The highest BCUT2D eigenvalue weighted by molar-refractivity contribution is 7.22. The van der Waals surface area contributed by atoms with Gasteiger partial charge >= 0.3 is 0 Å². The summed E-state index contributed by atoms with van der Waals surface area (Å²) in [4.78, 5) is 34.3. The van der Waals surface area contributed by atoms with Crippen molar-refractivity contribution < 1.29 is 9.59 Å². The third-order valence-corrected chi connectivity index (χ3v) is 7.49. The van der Waals surface area contributed by atoms with Crippen molar-refractivity contribution in [1.82, 2.24) is 9.88 Å². The maximum absolute atomic E-state index is 13.2. The molecule has 5 nitrogen and oxygen atoms in total. The Morgan fingerprint density at radius 1 is 1.10 bits per heavy atom. The molecule has 0 bridgehead atoms. The monoisotopic (exact) mass is 439 g/mol. The molecule has 2 amide bonds. The van der Waals surface area contributed by atoms with E-state index in [4.69, 9.17) is 0 Å². The van der Waals surface area contributed by atoms with E-state index in [1.165, 1.54) is 11.3 Å². The molecule has 1 aliphatic rings. The summed E-state index contributed by atoms with van der Waals surface area (Å²) >= 11 is 2.98. The standard InChI is InChI=1S/C23H25N3O2S2/c1-14-11-15(2)13-26(12-14)23(28)17-7-4-5-8-18(17)25-21(27)20-16(3)24-22(30-20)19-9-6-10-29-19/h4-10,14-15H,11-13H2,1-3H3,(H,25,27). The fourth-order valence-electron chi connectivity index (χ4n) is 4.07. The highest BCUT2D eigenvalue weighted by atomic mass is 32.1. The lowest BCUT2D eigenvalue weighted by Gasteiger charge is -2.35. The van der Waals surface area contributed by atoms with Crippen LogP contribution in [0.15, 0.2) is 41.8 Å². The van der Waals surface area contributed by atoms with Crippen LogP contribution in [0.4, 0.5) is 5.69 Å². The van der Waals surface area contributed by atoms with E-state index in [-0.39, 0.29) is 11.8 Å². The number of thiazole rings is 1. The van der Waals surface area contributed by atoms with Gasteiger partial charge in [0.05, 0.1) is 21.8 Å². The van der Waals surface area contributed by atoms with Gasteiger partial charge in [0.1, 0.15) is 9.88 Å². The summed E-state index contributed by atoms with van der Waals surface area (Å²) in [6, 6.07) is 11.2. The number of para-hydroxylation sites is 1. The van der Waals surface area contributed by atoms with Crippen LogP contribution in [0.25, 0.3) is 9.88 Å². The van der Waals surface area contributed by atoms with Crippen molar-refractivity contribution >= 4 is 40.2 Å². The fourth-order valence-corrected chi connectivity index (χ4v) is 5.83. The zero-order valence-electron chi connectivity index (χ0n) is 17.3. The van der Waals surface area contributed by atoms with Crippen molar-refractivity contribution in [2.45, 2.75) is 27.2 Å². The predicted molar refractivity (Wildman–Crippen MR) is 123 cm³/mol. The lowest BCUT2D eigenvalue weighted by molar-refractivity contribution is 0.0624. The normalized spacial score (nSPS) is 19.0. The van der Waals surface area contributed by atoms with Gasteiger partial charge in [-0.3, -0.25) is 9.59 Å². The molecule has 3 heterocycles. The van der Waals surface area contributed by atoms with E-state index in [9.17, 15) is 9.59 Å². The van der Waals surface area contributed by atoms with E-state index in [1.54, 1.807) is 23.5 Å². The Hall–Kier alpha value is -2.51. The van der Waals surface area contributed by atoms with E-state index < -0.39 is 0 Å². The number of aryl methyl sites for hydroxylation is 1. The number of piperidine rings is 1. The van der Waals surface area contributed by atoms with Gasteiger partial charge in [0.15, 0.2) is 0 Å². The van der Waals surface area contributed by atoms with Crippen molar-refractivity contribution in [1.29, 1.82) is 0 Å². The third-order valence-electron chi connectivity index (χ3n) is 5.30. The summed E-state index contributed by atoms with van der Waals surface area (Å²) in [5.74, 6) is 0.711. The van der Waals surface area contributed by atoms with Crippen molar-refractivity contribution in [3.05, 3.63) is 57.9 Å². The van der Waals surface area contributed by atoms with Gasteiger partial charge in [-0.25, -0.2) is 4.98 Å². The minimum atomic E-state index is -0.228. The number of nitrogens with one attached hydrogen (secondary N) is 1. The first kappa shape index (κ1) is 20.8. The minimum absolute atomic E-state index is 0.0235. The molecule has 1 fully saturated rings. The van der Waals surface area contributed by atoms with E-state index in [0.717, 1.165) is 29.4 Å². The van der Waals surface area contributed by atoms with Gasteiger partial charge < -0.3 is 10.2 Å². The van der Waals surface area contributed by atoms with Crippen molar-refractivity contribution in [2.24, 2.45) is 11.8 Å². The number of amides is 2. The summed E-state index contributed by atoms with van der Waals surface area (Å²) in [7, 11) is 0. The number of hydrogen-bond acceptors (Lipinski definition) is 5. The molecular formula is C23H25N3O2S2. The second-order valence-corrected chi connectivity index (χ2v) is 10.0. The number of likely N-dealkylation sites (tertiary alicyclic amines) is 1. The van der Waals surface area contributed by atoms with Crippen LogP contribution < -0.4 is 5.32 Å². The van der Waals surface area contributed by atoms with E-state index >= 15 is 0 Å². The molecule has 0 radical (unpaired) electrons. The van der Waals surface area contributed by atoms with Crippen LogP contribution in [0.1, 0.15) is 46.0 Å². The van der Waals surface area contributed by atoms with Crippen molar-refractivity contribution in [2.75, 3.05) is 18.4 Å². The molecule has 0 aliphatic carbocycles. The van der Waals surface area contributed by atoms with E-state index in [0.29, 0.717) is 33.7 Å². The van der Waals surface area contributed by atoms with Crippen LogP contribution in [-0.4, -0.2) is 34.8 Å². The molecule has 1 aliphatic heterocycles. The number of carbonyl (C=O) groups is 2. The lowest BCUT2D eigenvalue weighted by atomic mass is 9.91. The van der Waals surface area contributed by atoms with Gasteiger partial charge in [-0.2, -0.15) is 0 Å². The Labute approximate surface area is 184 Å². The number of carbonyl (C=O) groups excluding carboxylic acids is 2. The molecule has 1 aromatic carbocycles. The molecule has 7 heteroatoms. The minimum Gasteiger partial charge on any atom is -0.338 e. The number of benzene rings is 1. The molecule has 4 rings (SSSR count).